The minimum Gasteiger partial charge on any atom is -0.376 e. The Hall–Kier alpha value is -1.14. The van der Waals surface area contributed by atoms with E-state index in [0.717, 1.165) is 19.4 Å². The molecule has 6 nitrogen and oxygen atoms in total. The molecule has 3 N–H and O–H groups in total. The van der Waals surface area contributed by atoms with Gasteiger partial charge in [0.05, 0.1) is 6.10 Å². The van der Waals surface area contributed by atoms with Crippen LogP contribution in [0.2, 0.25) is 5.28 Å². The zero-order valence-electron chi connectivity index (χ0n) is 8.82. The van der Waals surface area contributed by atoms with Crippen LogP contribution in [-0.4, -0.2) is 34.2 Å². The van der Waals surface area contributed by atoms with Crippen molar-refractivity contribution in [1.82, 2.24) is 15.0 Å². The van der Waals surface area contributed by atoms with Crippen molar-refractivity contribution in [2.45, 2.75) is 25.4 Å². The van der Waals surface area contributed by atoms with Crippen LogP contribution in [0.5, 0.6) is 0 Å². The third-order valence-electron chi connectivity index (χ3n) is 2.39. The minimum atomic E-state index is 0.0968. The van der Waals surface area contributed by atoms with Gasteiger partial charge in [0.15, 0.2) is 0 Å². The number of hydrogen-bond acceptors (Lipinski definition) is 6. The SMILES string of the molecule is Nc1nc(Cl)nc(NCC2CCCCO2)n1. The molecule has 0 aliphatic carbocycles. The molecule has 16 heavy (non-hydrogen) atoms. The molecular formula is C9H14ClN5O. The van der Waals surface area contributed by atoms with Gasteiger partial charge in [0, 0.05) is 13.2 Å². The molecule has 2 rings (SSSR count). The van der Waals surface area contributed by atoms with Gasteiger partial charge < -0.3 is 15.8 Å². The molecule has 0 radical (unpaired) electrons. The Morgan fingerprint density at radius 2 is 2.25 bits per heavy atom. The average Bonchev–Trinajstić information content (AvgIpc) is 2.27. The first-order chi connectivity index (χ1) is 7.74. The number of nitrogens with two attached hydrogens (primary N) is 1. The average molecular weight is 244 g/mol. The Kier molecular flexibility index (Phi) is 3.74. The molecule has 0 amide bonds. The smallest absolute Gasteiger partial charge is 0.228 e. The van der Waals surface area contributed by atoms with Crippen molar-refractivity contribution in [3.8, 4) is 0 Å². The summed E-state index contributed by atoms with van der Waals surface area (Å²) in [4.78, 5) is 11.5. The summed E-state index contributed by atoms with van der Waals surface area (Å²) in [5, 5.41) is 3.14. The Morgan fingerprint density at radius 1 is 1.38 bits per heavy atom. The highest BCUT2D eigenvalue weighted by Crippen LogP contribution is 2.13. The van der Waals surface area contributed by atoms with E-state index in [1.54, 1.807) is 0 Å². The van der Waals surface area contributed by atoms with E-state index in [0.29, 0.717) is 12.5 Å². The van der Waals surface area contributed by atoms with E-state index < -0.39 is 0 Å². The van der Waals surface area contributed by atoms with E-state index in [4.69, 9.17) is 22.1 Å². The van der Waals surface area contributed by atoms with E-state index in [1.165, 1.54) is 6.42 Å². The van der Waals surface area contributed by atoms with Crippen LogP contribution in [0, 0.1) is 0 Å². The minimum absolute atomic E-state index is 0.0968. The summed E-state index contributed by atoms with van der Waals surface area (Å²) < 4.78 is 5.56. The van der Waals surface area contributed by atoms with Crippen molar-refractivity contribution in [2.75, 3.05) is 24.2 Å². The summed E-state index contributed by atoms with van der Waals surface area (Å²) in [6.45, 7) is 1.49. The highest BCUT2D eigenvalue weighted by molar-refractivity contribution is 6.28. The second-order valence-electron chi connectivity index (χ2n) is 3.66. The number of ether oxygens (including phenoxy) is 1. The van der Waals surface area contributed by atoms with E-state index in [2.05, 4.69) is 20.3 Å². The zero-order chi connectivity index (χ0) is 11.4. The summed E-state index contributed by atoms with van der Waals surface area (Å²) in [5.41, 5.74) is 5.45. The summed E-state index contributed by atoms with van der Waals surface area (Å²) in [6.07, 6.45) is 3.61. The maximum absolute atomic E-state index is 5.66. The molecular weight excluding hydrogens is 230 g/mol. The molecule has 1 aliphatic rings. The van der Waals surface area contributed by atoms with Crippen molar-refractivity contribution >= 4 is 23.5 Å². The van der Waals surface area contributed by atoms with Crippen molar-refractivity contribution < 1.29 is 4.74 Å². The van der Waals surface area contributed by atoms with Crippen LogP contribution in [0.15, 0.2) is 0 Å². The maximum atomic E-state index is 5.66. The Balaban J connectivity index is 1.88. The molecule has 7 heteroatoms. The van der Waals surface area contributed by atoms with Crippen LogP contribution in [-0.2, 0) is 4.74 Å². The number of nitrogen functional groups attached to an aromatic ring is 1. The van der Waals surface area contributed by atoms with Gasteiger partial charge in [-0.3, -0.25) is 0 Å². The molecule has 1 aromatic heterocycles. The first-order valence-corrected chi connectivity index (χ1v) is 5.64. The first-order valence-electron chi connectivity index (χ1n) is 5.26. The van der Waals surface area contributed by atoms with Crippen molar-refractivity contribution in [3.63, 3.8) is 0 Å². The second kappa shape index (κ2) is 5.27. The Labute approximate surface area is 98.6 Å². The van der Waals surface area contributed by atoms with Gasteiger partial charge in [-0.1, -0.05) is 0 Å². The predicted octanol–water partition coefficient (Wildman–Crippen LogP) is 1.09. The van der Waals surface area contributed by atoms with E-state index >= 15 is 0 Å². The van der Waals surface area contributed by atoms with Crippen LogP contribution in [0.1, 0.15) is 19.3 Å². The number of hydrogen-bond donors (Lipinski definition) is 2. The first kappa shape index (κ1) is 11.3. The molecule has 1 saturated heterocycles. The number of nitrogens with zero attached hydrogens (tertiary/aromatic N) is 3. The highest BCUT2D eigenvalue weighted by atomic mass is 35.5. The number of aromatic nitrogens is 3. The topological polar surface area (TPSA) is 86.0 Å². The molecule has 0 saturated carbocycles. The van der Waals surface area contributed by atoms with Gasteiger partial charge in [0.25, 0.3) is 0 Å². The summed E-state index contributed by atoms with van der Waals surface area (Å²) >= 11 is 5.66. The van der Waals surface area contributed by atoms with Gasteiger partial charge in [-0.05, 0) is 30.9 Å². The normalized spacial score (nSPS) is 20.7. The lowest BCUT2D eigenvalue weighted by Crippen LogP contribution is -2.27. The van der Waals surface area contributed by atoms with E-state index in [-0.39, 0.29) is 17.3 Å². The van der Waals surface area contributed by atoms with Gasteiger partial charge >= 0.3 is 0 Å². The van der Waals surface area contributed by atoms with Gasteiger partial charge in [-0.25, -0.2) is 0 Å². The van der Waals surface area contributed by atoms with Crippen molar-refractivity contribution in [3.05, 3.63) is 5.28 Å². The van der Waals surface area contributed by atoms with E-state index in [1.807, 2.05) is 0 Å². The lowest BCUT2D eigenvalue weighted by atomic mass is 10.1. The Morgan fingerprint density at radius 3 is 2.94 bits per heavy atom. The third-order valence-corrected chi connectivity index (χ3v) is 2.56. The molecule has 1 fully saturated rings. The molecule has 0 bridgehead atoms. The standard InChI is InChI=1S/C9H14ClN5O/c10-7-13-8(11)15-9(14-7)12-5-6-3-1-2-4-16-6/h6H,1-5H2,(H3,11,12,13,14,15). The van der Waals surface area contributed by atoms with Gasteiger partial charge in [0.2, 0.25) is 17.2 Å². The third kappa shape index (κ3) is 3.18. The van der Waals surface area contributed by atoms with Crippen molar-refractivity contribution in [2.24, 2.45) is 0 Å². The lowest BCUT2D eigenvalue weighted by Gasteiger charge is -2.22. The van der Waals surface area contributed by atoms with Crippen molar-refractivity contribution in [1.29, 1.82) is 0 Å². The fourth-order valence-corrected chi connectivity index (χ4v) is 1.78. The van der Waals surface area contributed by atoms with Crippen LogP contribution in [0.25, 0.3) is 0 Å². The number of nitrogens with one attached hydrogen (secondary N) is 1. The zero-order valence-corrected chi connectivity index (χ0v) is 9.57. The fraction of sp³-hybridized carbons (Fsp3) is 0.667. The number of anilines is 2. The summed E-state index contributed by atoms with van der Waals surface area (Å²) in [6, 6.07) is 0. The number of rotatable bonds is 3. The molecule has 1 aromatic rings. The highest BCUT2D eigenvalue weighted by Gasteiger charge is 2.14. The maximum Gasteiger partial charge on any atom is 0.228 e. The van der Waals surface area contributed by atoms with Crippen LogP contribution >= 0.6 is 11.6 Å². The molecule has 0 aromatic carbocycles. The quantitative estimate of drug-likeness (QED) is 0.827. The largest absolute Gasteiger partial charge is 0.376 e. The number of halogens is 1. The van der Waals surface area contributed by atoms with Gasteiger partial charge in [-0.2, -0.15) is 15.0 Å². The molecule has 1 aliphatic heterocycles. The molecule has 88 valence electrons. The monoisotopic (exact) mass is 243 g/mol. The molecule has 2 heterocycles. The fourth-order valence-electron chi connectivity index (χ4n) is 1.62. The molecule has 1 atom stereocenters. The summed E-state index contributed by atoms with van der Waals surface area (Å²) in [5.74, 6) is 0.513. The molecule has 0 spiro atoms. The van der Waals surface area contributed by atoms with Crippen LogP contribution in [0.3, 0.4) is 0 Å². The molecule has 1 unspecified atom stereocenters. The van der Waals surface area contributed by atoms with E-state index in [9.17, 15) is 0 Å². The van der Waals surface area contributed by atoms with Gasteiger partial charge in [-0.15, -0.1) is 0 Å². The summed E-state index contributed by atoms with van der Waals surface area (Å²) in [7, 11) is 0. The lowest BCUT2D eigenvalue weighted by molar-refractivity contribution is 0.0246. The van der Waals surface area contributed by atoms with Gasteiger partial charge in [0.1, 0.15) is 0 Å². The Bertz CT molecular complexity index is 336. The second-order valence-corrected chi connectivity index (χ2v) is 3.99. The van der Waals surface area contributed by atoms with Crippen LogP contribution in [0.4, 0.5) is 11.9 Å². The predicted molar refractivity (Wildman–Crippen MR) is 61.3 cm³/mol. The van der Waals surface area contributed by atoms with Crippen LogP contribution < -0.4 is 11.1 Å².